The summed E-state index contributed by atoms with van der Waals surface area (Å²) in [7, 11) is 0. The third-order valence-corrected chi connectivity index (χ3v) is 8.83. The molecule has 4 aromatic carbocycles. The Hall–Kier alpha value is -4.58. The van der Waals surface area contributed by atoms with Crippen molar-refractivity contribution in [3.63, 3.8) is 0 Å². The van der Waals surface area contributed by atoms with Crippen LogP contribution in [0.15, 0.2) is 62.7 Å². The molecule has 0 saturated carbocycles. The van der Waals surface area contributed by atoms with Gasteiger partial charge in [-0.2, -0.15) is 0 Å². The molecule has 6 aromatic rings. The fraction of sp³-hybridized carbons (Fsp3) is 0.303. The quantitative estimate of drug-likeness (QED) is 0.238. The van der Waals surface area contributed by atoms with Gasteiger partial charge in [-0.1, -0.05) is 24.3 Å². The second-order valence-electron chi connectivity index (χ2n) is 11.3. The third kappa shape index (κ3) is 4.22. The molecule has 0 aliphatic carbocycles. The molecule has 2 fully saturated rings. The van der Waals surface area contributed by atoms with Crippen LogP contribution in [0.5, 0.6) is 0 Å². The van der Waals surface area contributed by atoms with Crippen LogP contribution >= 0.6 is 0 Å². The molecule has 0 bridgehead atoms. The number of benzene rings is 3. The van der Waals surface area contributed by atoms with Gasteiger partial charge in [0.2, 0.25) is 5.43 Å². The molecule has 4 heterocycles. The van der Waals surface area contributed by atoms with Crippen molar-refractivity contribution < 1.29 is 23.1 Å². The van der Waals surface area contributed by atoms with Crippen molar-refractivity contribution in [3.8, 4) is 0 Å². The second kappa shape index (κ2) is 10.5. The molecule has 2 saturated heterocycles. The maximum atomic E-state index is 15.9. The summed E-state index contributed by atoms with van der Waals surface area (Å²) in [5, 5.41) is 5.83. The standard InChI is InChI=1S/C33H29FN4O6/c34-25-15-23-29-32(28(25)35-5-6-36-7-11-42-12-8-36)44-27-17-22-21(19-3-1-2-4-20(19)30(22)39)16-26(27)38(29)18-24(31(23)40)33(41)37-9-13-43-14-10-37/h1-4,15-18,35H,5-14H2. The van der Waals surface area contributed by atoms with Crippen molar-refractivity contribution in [3.05, 3.63) is 80.5 Å². The largest absolute Gasteiger partial charge is 0.451 e. The highest BCUT2D eigenvalue weighted by Gasteiger charge is 2.27. The van der Waals surface area contributed by atoms with Crippen LogP contribution in [0.2, 0.25) is 0 Å². The van der Waals surface area contributed by atoms with E-state index in [1.54, 1.807) is 21.4 Å². The number of fused-ring (bicyclic) bond motifs is 5. The fourth-order valence-corrected chi connectivity index (χ4v) is 6.55. The van der Waals surface area contributed by atoms with Crippen LogP contribution in [0.1, 0.15) is 10.4 Å². The molecule has 2 aromatic heterocycles. The molecule has 0 radical (unpaired) electrons. The number of anilines is 1. The number of pyridine rings is 1. The molecule has 1 N–H and O–H groups in total. The summed E-state index contributed by atoms with van der Waals surface area (Å²) < 4.78 is 34.8. The molecule has 8 rings (SSSR count). The summed E-state index contributed by atoms with van der Waals surface area (Å²) in [5.74, 6) is -1.10. The first-order valence-electron chi connectivity index (χ1n) is 14.8. The van der Waals surface area contributed by atoms with Gasteiger partial charge in [-0.05, 0) is 29.0 Å². The number of carbonyl (C=O) groups is 1. The summed E-state index contributed by atoms with van der Waals surface area (Å²) in [5.41, 5.74) is 0.732. The van der Waals surface area contributed by atoms with E-state index < -0.39 is 17.2 Å². The first-order valence-corrected chi connectivity index (χ1v) is 14.8. The van der Waals surface area contributed by atoms with Gasteiger partial charge >= 0.3 is 0 Å². The van der Waals surface area contributed by atoms with E-state index >= 15 is 4.39 Å². The lowest BCUT2D eigenvalue weighted by atomic mass is 10.1. The number of aromatic nitrogens is 1. The lowest BCUT2D eigenvalue weighted by Gasteiger charge is -2.27. The molecular weight excluding hydrogens is 567 g/mol. The Kier molecular flexibility index (Phi) is 6.47. The predicted octanol–water partition coefficient (Wildman–Crippen LogP) is 3.66. The number of amides is 1. The number of hydrogen-bond donors (Lipinski definition) is 1. The zero-order valence-corrected chi connectivity index (χ0v) is 23.9. The number of nitrogens with zero attached hydrogens (tertiary/aromatic N) is 3. The lowest BCUT2D eigenvalue weighted by molar-refractivity contribution is 0.0302. The predicted molar refractivity (Wildman–Crippen MR) is 166 cm³/mol. The first-order chi connectivity index (χ1) is 21.5. The van der Waals surface area contributed by atoms with E-state index in [0.29, 0.717) is 80.0 Å². The van der Waals surface area contributed by atoms with Crippen molar-refractivity contribution in [2.24, 2.45) is 0 Å². The van der Waals surface area contributed by atoms with Crippen LogP contribution in [-0.2, 0) is 9.47 Å². The van der Waals surface area contributed by atoms with E-state index in [1.165, 1.54) is 12.3 Å². The molecule has 1 amide bonds. The smallest absolute Gasteiger partial charge is 0.259 e. The number of rotatable bonds is 5. The van der Waals surface area contributed by atoms with Crippen molar-refractivity contribution in [1.29, 1.82) is 0 Å². The number of morpholine rings is 2. The van der Waals surface area contributed by atoms with Crippen LogP contribution in [0.4, 0.5) is 10.1 Å². The minimum atomic E-state index is -0.665. The molecule has 2 aliphatic heterocycles. The molecule has 0 unspecified atom stereocenters. The van der Waals surface area contributed by atoms with Gasteiger partial charge in [-0.25, -0.2) is 4.39 Å². The monoisotopic (exact) mass is 596 g/mol. The molecule has 0 atom stereocenters. The molecule has 224 valence electrons. The molecular formula is C33H29FN4O6. The van der Waals surface area contributed by atoms with E-state index in [9.17, 15) is 14.4 Å². The van der Waals surface area contributed by atoms with Gasteiger partial charge in [0.15, 0.2) is 22.4 Å². The maximum absolute atomic E-state index is 15.9. The average molecular weight is 597 g/mol. The number of hydrogen-bond acceptors (Lipinski definition) is 8. The summed E-state index contributed by atoms with van der Waals surface area (Å²) >= 11 is 0. The number of nitrogens with one attached hydrogen (secondary N) is 1. The molecule has 0 spiro atoms. The molecule has 2 aliphatic rings. The summed E-state index contributed by atoms with van der Waals surface area (Å²) in [6.45, 7) is 5.45. The van der Waals surface area contributed by atoms with Gasteiger partial charge < -0.3 is 28.5 Å². The summed E-state index contributed by atoms with van der Waals surface area (Å²) in [6.07, 6.45) is 1.53. The number of halogens is 1. The van der Waals surface area contributed by atoms with Gasteiger partial charge in [-0.3, -0.25) is 19.3 Å². The molecule has 11 heteroatoms. The summed E-state index contributed by atoms with van der Waals surface area (Å²) in [6, 6.07) is 12.1. The number of carbonyl (C=O) groups excluding carboxylic acids is 1. The van der Waals surface area contributed by atoms with Crippen LogP contribution in [0.25, 0.3) is 49.1 Å². The van der Waals surface area contributed by atoms with Crippen LogP contribution in [0, 0.1) is 5.82 Å². The first kappa shape index (κ1) is 27.0. The van der Waals surface area contributed by atoms with Crippen molar-refractivity contribution in [2.45, 2.75) is 0 Å². The highest BCUT2D eigenvalue weighted by Crippen LogP contribution is 2.36. The van der Waals surface area contributed by atoms with Gasteiger partial charge in [0, 0.05) is 56.2 Å². The van der Waals surface area contributed by atoms with Crippen molar-refractivity contribution >= 4 is 60.7 Å². The van der Waals surface area contributed by atoms with Gasteiger partial charge in [-0.15, -0.1) is 0 Å². The minimum absolute atomic E-state index is 0.0398. The highest BCUT2D eigenvalue weighted by molar-refractivity contribution is 6.15. The topological polar surface area (TPSA) is 106 Å². The molecule has 44 heavy (non-hydrogen) atoms. The Balaban J connectivity index is 1.38. The maximum Gasteiger partial charge on any atom is 0.259 e. The average Bonchev–Trinajstić information content (AvgIpc) is 3.33. The second-order valence-corrected chi connectivity index (χ2v) is 11.3. The van der Waals surface area contributed by atoms with E-state index in [0.717, 1.165) is 23.9 Å². The Labute approximate surface area is 249 Å². The van der Waals surface area contributed by atoms with E-state index in [4.69, 9.17) is 13.9 Å². The number of ether oxygens (including phenoxy) is 2. The SMILES string of the molecule is O=C(c1cn2c3cc4c(cc3oc3c(NCCN5CCOCC5)c(F)cc(c1=O)c32)c(=O)c1ccccc14)N1CCOCC1. The van der Waals surface area contributed by atoms with E-state index in [-0.39, 0.29) is 27.6 Å². The Morgan fingerprint density at radius 3 is 2.34 bits per heavy atom. The van der Waals surface area contributed by atoms with E-state index in [1.807, 2.05) is 24.3 Å². The van der Waals surface area contributed by atoms with Gasteiger partial charge in [0.05, 0.1) is 37.3 Å². The van der Waals surface area contributed by atoms with E-state index in [2.05, 4.69) is 10.2 Å². The van der Waals surface area contributed by atoms with Crippen LogP contribution in [-0.4, -0.2) is 85.8 Å². The van der Waals surface area contributed by atoms with Crippen molar-refractivity contribution in [2.75, 3.05) is 71.0 Å². The van der Waals surface area contributed by atoms with Crippen LogP contribution < -0.4 is 16.2 Å². The molecule has 10 nitrogen and oxygen atoms in total. The lowest BCUT2D eigenvalue weighted by Crippen LogP contribution is -2.42. The zero-order chi connectivity index (χ0) is 29.9. The Morgan fingerprint density at radius 1 is 0.841 bits per heavy atom. The van der Waals surface area contributed by atoms with Crippen molar-refractivity contribution in [1.82, 2.24) is 14.2 Å². The zero-order valence-electron chi connectivity index (χ0n) is 23.9. The highest BCUT2D eigenvalue weighted by atomic mass is 19.1. The summed E-state index contributed by atoms with van der Waals surface area (Å²) in [4.78, 5) is 44.6. The van der Waals surface area contributed by atoms with Gasteiger partial charge in [0.25, 0.3) is 5.91 Å². The minimum Gasteiger partial charge on any atom is -0.451 e. The normalized spacial score (nSPS) is 16.6. The van der Waals surface area contributed by atoms with Gasteiger partial charge in [0.1, 0.15) is 16.8 Å². The third-order valence-electron chi connectivity index (χ3n) is 8.83. The Morgan fingerprint density at radius 2 is 1.57 bits per heavy atom. The fourth-order valence-electron chi connectivity index (χ4n) is 6.55. The Bertz CT molecular complexity index is 2220. The van der Waals surface area contributed by atoms with Crippen LogP contribution in [0.3, 0.4) is 0 Å².